The lowest BCUT2D eigenvalue weighted by molar-refractivity contribution is -0.115. The fourth-order valence-electron chi connectivity index (χ4n) is 2.78. The Bertz CT molecular complexity index is 1050. The van der Waals surface area contributed by atoms with Gasteiger partial charge in [-0.05, 0) is 23.8 Å². The third kappa shape index (κ3) is 3.42. The zero-order valence-electron chi connectivity index (χ0n) is 14.0. The number of rotatable bonds is 4. The smallest absolute Gasteiger partial charge is 0.230 e. The van der Waals surface area contributed by atoms with Crippen LogP contribution < -0.4 is 5.32 Å². The van der Waals surface area contributed by atoms with Crippen LogP contribution in [-0.2, 0) is 11.2 Å². The number of anilines is 1. The summed E-state index contributed by atoms with van der Waals surface area (Å²) in [6.07, 6.45) is 3.61. The number of aromatic nitrogens is 3. The molecule has 0 aliphatic rings. The average molecular weight is 340 g/mol. The van der Waals surface area contributed by atoms with E-state index >= 15 is 0 Å². The maximum Gasteiger partial charge on any atom is 0.230 e. The Labute approximate surface area is 150 Å². The van der Waals surface area contributed by atoms with E-state index in [-0.39, 0.29) is 12.3 Å². The number of amides is 1. The number of pyridine rings is 1. The van der Waals surface area contributed by atoms with E-state index in [4.69, 9.17) is 4.98 Å². The van der Waals surface area contributed by atoms with E-state index in [2.05, 4.69) is 15.3 Å². The Balaban J connectivity index is 1.65. The number of fused-ring (bicyclic) bond motifs is 1. The van der Waals surface area contributed by atoms with Crippen LogP contribution in [0.1, 0.15) is 5.56 Å². The Morgan fingerprint density at radius 1 is 0.885 bits per heavy atom. The van der Waals surface area contributed by atoms with Crippen LogP contribution in [0.5, 0.6) is 0 Å². The summed E-state index contributed by atoms with van der Waals surface area (Å²) in [4.78, 5) is 25.7. The first-order chi connectivity index (χ1) is 12.8. The fraction of sp³-hybridized carbons (Fsp3) is 0.0476. The summed E-state index contributed by atoms with van der Waals surface area (Å²) in [5.41, 5.74) is 4.13. The summed E-state index contributed by atoms with van der Waals surface area (Å²) in [6.45, 7) is 0. The highest BCUT2D eigenvalue weighted by Gasteiger charge is 2.11. The molecule has 126 valence electrons. The Hall–Kier alpha value is -3.60. The number of para-hydroxylation sites is 1. The number of nitrogens with zero attached hydrogens (tertiary/aromatic N) is 3. The van der Waals surface area contributed by atoms with E-state index in [1.54, 1.807) is 24.5 Å². The molecule has 0 aliphatic heterocycles. The van der Waals surface area contributed by atoms with Gasteiger partial charge in [-0.1, -0.05) is 48.5 Å². The number of carbonyl (C=O) groups is 1. The molecule has 0 spiro atoms. The third-order valence-corrected chi connectivity index (χ3v) is 4.01. The van der Waals surface area contributed by atoms with Gasteiger partial charge in [-0.25, -0.2) is 9.97 Å². The number of nitrogens with one attached hydrogen (secondary N) is 1. The molecule has 5 heteroatoms. The van der Waals surface area contributed by atoms with Crippen LogP contribution in [0.2, 0.25) is 0 Å². The van der Waals surface area contributed by atoms with Gasteiger partial charge in [0.1, 0.15) is 5.82 Å². The number of hydrogen-bond acceptors (Lipinski definition) is 4. The Morgan fingerprint density at radius 2 is 1.73 bits per heavy atom. The standard InChI is InChI=1S/C21H16N4O/c26-20(25-19-11-4-5-12-22-19)13-16-9-6-10-17-21(16)24-18(14-23-17)15-7-2-1-3-8-15/h1-12,14H,13H2,(H,22,25,26). The van der Waals surface area contributed by atoms with Crippen molar-refractivity contribution in [3.63, 3.8) is 0 Å². The summed E-state index contributed by atoms with van der Waals surface area (Å²) < 4.78 is 0. The van der Waals surface area contributed by atoms with Crippen molar-refractivity contribution in [2.75, 3.05) is 5.32 Å². The van der Waals surface area contributed by atoms with E-state index in [9.17, 15) is 4.79 Å². The van der Waals surface area contributed by atoms with Gasteiger partial charge >= 0.3 is 0 Å². The molecule has 0 radical (unpaired) electrons. The van der Waals surface area contributed by atoms with Gasteiger partial charge in [0.05, 0.1) is 29.3 Å². The highest BCUT2D eigenvalue weighted by molar-refractivity contribution is 5.94. The molecule has 0 saturated carbocycles. The maximum atomic E-state index is 12.4. The van der Waals surface area contributed by atoms with Crippen LogP contribution in [0, 0.1) is 0 Å². The molecule has 2 aromatic carbocycles. The van der Waals surface area contributed by atoms with E-state index in [0.29, 0.717) is 5.82 Å². The highest BCUT2D eigenvalue weighted by Crippen LogP contribution is 2.21. The second kappa shape index (κ2) is 7.11. The van der Waals surface area contributed by atoms with Gasteiger partial charge in [0.15, 0.2) is 0 Å². The van der Waals surface area contributed by atoms with Crippen molar-refractivity contribution >= 4 is 22.8 Å². The minimum absolute atomic E-state index is 0.136. The highest BCUT2D eigenvalue weighted by atomic mass is 16.1. The summed E-state index contributed by atoms with van der Waals surface area (Å²) in [6, 6.07) is 21.0. The minimum atomic E-state index is -0.136. The van der Waals surface area contributed by atoms with Gasteiger partial charge in [0.2, 0.25) is 5.91 Å². The number of hydrogen-bond donors (Lipinski definition) is 1. The van der Waals surface area contributed by atoms with Gasteiger partial charge in [-0.3, -0.25) is 9.78 Å². The molecule has 0 unspecified atom stereocenters. The minimum Gasteiger partial charge on any atom is -0.310 e. The van der Waals surface area contributed by atoms with E-state index < -0.39 is 0 Å². The second-order valence-corrected chi connectivity index (χ2v) is 5.85. The average Bonchev–Trinajstić information content (AvgIpc) is 2.69. The molecule has 1 amide bonds. The molecule has 5 nitrogen and oxygen atoms in total. The summed E-state index contributed by atoms with van der Waals surface area (Å²) in [7, 11) is 0. The zero-order valence-corrected chi connectivity index (χ0v) is 14.0. The lowest BCUT2D eigenvalue weighted by atomic mass is 10.1. The first kappa shape index (κ1) is 15.9. The number of carbonyl (C=O) groups excluding carboxylic acids is 1. The van der Waals surface area contributed by atoms with Gasteiger partial charge < -0.3 is 5.32 Å². The molecular weight excluding hydrogens is 324 g/mol. The van der Waals surface area contributed by atoms with Gasteiger partial charge in [-0.2, -0.15) is 0 Å². The quantitative estimate of drug-likeness (QED) is 0.612. The predicted molar refractivity (Wildman–Crippen MR) is 102 cm³/mol. The number of benzene rings is 2. The molecule has 4 aromatic rings. The van der Waals surface area contributed by atoms with Crippen LogP contribution in [0.25, 0.3) is 22.3 Å². The van der Waals surface area contributed by atoms with Gasteiger partial charge in [0.25, 0.3) is 0 Å². The van der Waals surface area contributed by atoms with Crippen molar-refractivity contribution in [1.29, 1.82) is 0 Å². The maximum absolute atomic E-state index is 12.4. The lowest BCUT2D eigenvalue weighted by Gasteiger charge is -2.08. The van der Waals surface area contributed by atoms with Crippen LogP contribution in [0.4, 0.5) is 5.82 Å². The Kier molecular flexibility index (Phi) is 4.35. The van der Waals surface area contributed by atoms with Gasteiger partial charge in [0, 0.05) is 11.8 Å². The summed E-state index contributed by atoms with van der Waals surface area (Å²) in [5, 5.41) is 2.80. The van der Waals surface area contributed by atoms with E-state index in [0.717, 1.165) is 27.9 Å². The molecule has 2 aromatic heterocycles. The van der Waals surface area contributed by atoms with E-state index in [1.165, 1.54) is 0 Å². The first-order valence-electron chi connectivity index (χ1n) is 8.30. The predicted octanol–water partition coefficient (Wildman–Crippen LogP) is 3.87. The summed E-state index contributed by atoms with van der Waals surface area (Å²) >= 11 is 0. The lowest BCUT2D eigenvalue weighted by Crippen LogP contribution is -2.15. The van der Waals surface area contributed by atoms with Crippen LogP contribution in [-0.4, -0.2) is 20.9 Å². The fourth-order valence-corrected chi connectivity index (χ4v) is 2.78. The molecule has 26 heavy (non-hydrogen) atoms. The third-order valence-electron chi connectivity index (χ3n) is 4.01. The first-order valence-corrected chi connectivity index (χ1v) is 8.30. The van der Waals surface area contributed by atoms with Crippen LogP contribution >= 0.6 is 0 Å². The van der Waals surface area contributed by atoms with Crippen molar-refractivity contribution in [3.8, 4) is 11.3 Å². The largest absolute Gasteiger partial charge is 0.310 e. The topological polar surface area (TPSA) is 67.8 Å². The summed E-state index contributed by atoms with van der Waals surface area (Å²) in [5.74, 6) is 0.400. The molecule has 4 rings (SSSR count). The second-order valence-electron chi connectivity index (χ2n) is 5.85. The van der Waals surface area contributed by atoms with Crippen molar-refractivity contribution in [2.45, 2.75) is 6.42 Å². The van der Waals surface area contributed by atoms with Crippen molar-refractivity contribution < 1.29 is 4.79 Å². The normalized spacial score (nSPS) is 10.6. The Morgan fingerprint density at radius 3 is 2.54 bits per heavy atom. The van der Waals surface area contributed by atoms with Crippen molar-refractivity contribution in [1.82, 2.24) is 15.0 Å². The molecule has 0 fully saturated rings. The molecule has 0 aliphatic carbocycles. The molecule has 2 heterocycles. The van der Waals surface area contributed by atoms with Crippen LogP contribution in [0.15, 0.2) is 79.1 Å². The molecule has 1 N–H and O–H groups in total. The van der Waals surface area contributed by atoms with Crippen LogP contribution in [0.3, 0.4) is 0 Å². The van der Waals surface area contributed by atoms with Crippen molar-refractivity contribution in [2.24, 2.45) is 0 Å². The van der Waals surface area contributed by atoms with Gasteiger partial charge in [-0.15, -0.1) is 0 Å². The zero-order chi connectivity index (χ0) is 17.8. The molecule has 0 atom stereocenters. The van der Waals surface area contributed by atoms with E-state index in [1.807, 2.05) is 54.6 Å². The molecule has 0 bridgehead atoms. The van der Waals surface area contributed by atoms with Crippen molar-refractivity contribution in [3.05, 3.63) is 84.7 Å². The molecular formula is C21H16N4O. The molecule has 0 saturated heterocycles. The monoisotopic (exact) mass is 340 g/mol. The SMILES string of the molecule is O=C(Cc1cccc2ncc(-c3ccccc3)nc12)Nc1ccccn1.